The number of nitrogens with one attached hydrogen (secondary N) is 1. The maximum absolute atomic E-state index is 9.82. The van der Waals surface area contributed by atoms with Gasteiger partial charge >= 0.3 is 0 Å². The van der Waals surface area contributed by atoms with Gasteiger partial charge in [-0.3, -0.25) is 0 Å². The van der Waals surface area contributed by atoms with E-state index in [1.54, 1.807) is 6.08 Å². The molecule has 1 aliphatic carbocycles. The van der Waals surface area contributed by atoms with Crippen LogP contribution in [0, 0.1) is 0 Å². The summed E-state index contributed by atoms with van der Waals surface area (Å²) in [4.78, 5) is 0. The van der Waals surface area contributed by atoms with Crippen LogP contribution in [0.15, 0.2) is 24.2 Å². The van der Waals surface area contributed by atoms with Crippen LogP contribution in [0.25, 0.3) is 0 Å². The molecule has 1 atom stereocenters. The van der Waals surface area contributed by atoms with Crippen molar-refractivity contribution in [2.45, 2.75) is 51.7 Å². The van der Waals surface area contributed by atoms with Gasteiger partial charge in [-0.05, 0) is 12.8 Å². The molecule has 2 N–H and O–H groups in total. The van der Waals surface area contributed by atoms with Crippen molar-refractivity contribution in [1.82, 2.24) is 5.32 Å². The lowest BCUT2D eigenvalue weighted by atomic mass is 10.0. The second-order valence-electron chi connectivity index (χ2n) is 5.18. The first-order valence-electron chi connectivity index (χ1n) is 7.13. The summed E-state index contributed by atoms with van der Waals surface area (Å²) in [5.41, 5.74) is 0. The van der Waals surface area contributed by atoms with Gasteiger partial charge in [0, 0.05) is 25.4 Å². The molecule has 0 fully saturated rings. The molecule has 1 aliphatic rings. The van der Waals surface area contributed by atoms with Crippen LogP contribution in [-0.4, -0.2) is 37.0 Å². The highest BCUT2D eigenvalue weighted by molar-refractivity contribution is 5.05. The minimum absolute atomic E-state index is 0.315. The van der Waals surface area contributed by atoms with Crippen molar-refractivity contribution < 1.29 is 14.6 Å². The zero-order chi connectivity index (χ0) is 14.1. The Morgan fingerprint density at radius 2 is 1.89 bits per heavy atom. The molecule has 0 aliphatic heterocycles. The van der Waals surface area contributed by atoms with Crippen LogP contribution in [0.3, 0.4) is 0 Å². The number of allylic oxidation sites excluding steroid dienone is 2. The van der Waals surface area contributed by atoms with Crippen LogP contribution >= 0.6 is 0 Å². The standard InChI is InChI=1S/C15H27NO3/c1-4-9-18-14-7-5-6-8-15(14)19-11-13(17)10-16-12(2)3/h4,12-13,16-17H,1,5-11H2,2-3H3. The van der Waals surface area contributed by atoms with E-state index < -0.39 is 6.10 Å². The summed E-state index contributed by atoms with van der Waals surface area (Å²) in [6, 6.07) is 0.370. The normalized spacial score (nSPS) is 17.5. The molecule has 0 amide bonds. The highest BCUT2D eigenvalue weighted by atomic mass is 16.5. The zero-order valence-corrected chi connectivity index (χ0v) is 12.2. The van der Waals surface area contributed by atoms with Crippen LogP contribution in [0.1, 0.15) is 39.5 Å². The maximum atomic E-state index is 9.82. The van der Waals surface area contributed by atoms with Crippen molar-refractivity contribution in [1.29, 1.82) is 0 Å². The lowest BCUT2D eigenvalue weighted by Crippen LogP contribution is -2.34. The van der Waals surface area contributed by atoms with Crippen LogP contribution < -0.4 is 5.32 Å². The van der Waals surface area contributed by atoms with Crippen LogP contribution in [0.5, 0.6) is 0 Å². The van der Waals surface area contributed by atoms with Gasteiger partial charge in [0.15, 0.2) is 0 Å². The highest BCUT2D eigenvalue weighted by Crippen LogP contribution is 2.26. The smallest absolute Gasteiger partial charge is 0.134 e. The minimum atomic E-state index is -0.488. The molecule has 0 spiro atoms. The molecule has 110 valence electrons. The molecule has 0 heterocycles. The topological polar surface area (TPSA) is 50.7 Å². The Hall–Kier alpha value is -1.00. The van der Waals surface area contributed by atoms with Gasteiger partial charge in [0.2, 0.25) is 0 Å². The van der Waals surface area contributed by atoms with E-state index in [9.17, 15) is 5.11 Å². The van der Waals surface area contributed by atoms with E-state index in [4.69, 9.17) is 9.47 Å². The number of aliphatic hydroxyl groups excluding tert-OH is 1. The van der Waals surface area contributed by atoms with Gasteiger partial charge in [-0.2, -0.15) is 0 Å². The molecule has 1 rings (SSSR count). The largest absolute Gasteiger partial charge is 0.492 e. The third-order valence-corrected chi connectivity index (χ3v) is 2.96. The molecular formula is C15H27NO3. The summed E-state index contributed by atoms with van der Waals surface area (Å²) < 4.78 is 11.3. The van der Waals surface area contributed by atoms with Crippen molar-refractivity contribution in [2.75, 3.05) is 19.8 Å². The molecule has 0 aromatic heterocycles. The summed E-state index contributed by atoms with van der Waals surface area (Å²) in [6.45, 7) is 9.13. The molecule has 4 nitrogen and oxygen atoms in total. The van der Waals surface area contributed by atoms with E-state index >= 15 is 0 Å². The van der Waals surface area contributed by atoms with E-state index in [1.807, 2.05) is 0 Å². The molecule has 0 radical (unpaired) electrons. The number of ether oxygens (including phenoxy) is 2. The number of hydrogen-bond donors (Lipinski definition) is 2. The molecule has 0 aromatic carbocycles. The monoisotopic (exact) mass is 269 g/mol. The Labute approximate surface area is 116 Å². The fourth-order valence-corrected chi connectivity index (χ4v) is 1.94. The average Bonchev–Trinajstić information content (AvgIpc) is 2.41. The van der Waals surface area contributed by atoms with Gasteiger partial charge in [-0.1, -0.05) is 26.5 Å². The molecule has 0 bridgehead atoms. The Bertz CT molecular complexity index is 300. The van der Waals surface area contributed by atoms with Gasteiger partial charge in [-0.15, -0.1) is 0 Å². The second kappa shape index (κ2) is 8.99. The molecule has 4 heteroatoms. The third-order valence-electron chi connectivity index (χ3n) is 2.96. The minimum Gasteiger partial charge on any atom is -0.492 e. The van der Waals surface area contributed by atoms with Crippen LogP contribution in [-0.2, 0) is 9.47 Å². The van der Waals surface area contributed by atoms with E-state index in [0.29, 0.717) is 25.8 Å². The van der Waals surface area contributed by atoms with Crippen LogP contribution in [0.2, 0.25) is 0 Å². The van der Waals surface area contributed by atoms with Crippen molar-refractivity contribution >= 4 is 0 Å². The molecule has 0 saturated carbocycles. The number of rotatable bonds is 9. The Morgan fingerprint density at radius 1 is 1.26 bits per heavy atom. The van der Waals surface area contributed by atoms with Gasteiger partial charge in [-0.25, -0.2) is 0 Å². The van der Waals surface area contributed by atoms with Crippen molar-refractivity contribution in [3.63, 3.8) is 0 Å². The van der Waals surface area contributed by atoms with Gasteiger partial charge in [0.05, 0.1) is 0 Å². The summed E-state index contributed by atoms with van der Waals surface area (Å²) in [5.74, 6) is 1.83. The summed E-state index contributed by atoms with van der Waals surface area (Å²) in [5, 5.41) is 13.0. The first-order valence-corrected chi connectivity index (χ1v) is 7.13. The fraction of sp³-hybridized carbons (Fsp3) is 0.733. The molecule has 0 saturated heterocycles. The Balaban J connectivity index is 2.38. The SMILES string of the molecule is C=CCOC1=C(OCC(O)CNC(C)C)CCCC1. The van der Waals surface area contributed by atoms with Gasteiger partial charge in [0.1, 0.15) is 30.8 Å². The molecule has 1 unspecified atom stereocenters. The maximum Gasteiger partial charge on any atom is 0.134 e. The van der Waals surface area contributed by atoms with Crippen molar-refractivity contribution in [3.8, 4) is 0 Å². The summed E-state index contributed by atoms with van der Waals surface area (Å²) in [7, 11) is 0. The quantitative estimate of drug-likeness (QED) is 0.631. The highest BCUT2D eigenvalue weighted by Gasteiger charge is 2.16. The van der Waals surface area contributed by atoms with Gasteiger partial charge < -0.3 is 19.9 Å². The summed E-state index contributed by atoms with van der Waals surface area (Å²) in [6.07, 6.45) is 5.33. The lowest BCUT2D eigenvalue weighted by Gasteiger charge is -2.22. The predicted octanol–water partition coefficient (Wildman–Crippen LogP) is 2.35. The lowest BCUT2D eigenvalue weighted by molar-refractivity contribution is 0.0544. The van der Waals surface area contributed by atoms with Crippen LogP contribution in [0.4, 0.5) is 0 Å². The first-order chi connectivity index (χ1) is 9.13. The Morgan fingerprint density at radius 3 is 2.47 bits per heavy atom. The first kappa shape index (κ1) is 16.1. The molecular weight excluding hydrogens is 242 g/mol. The number of hydrogen-bond acceptors (Lipinski definition) is 4. The molecule has 0 aromatic rings. The van der Waals surface area contributed by atoms with E-state index in [2.05, 4.69) is 25.7 Å². The number of aliphatic hydroxyl groups is 1. The molecule has 19 heavy (non-hydrogen) atoms. The average molecular weight is 269 g/mol. The third kappa shape index (κ3) is 6.64. The second-order valence-corrected chi connectivity index (χ2v) is 5.18. The predicted molar refractivity (Wildman–Crippen MR) is 76.7 cm³/mol. The Kier molecular flexibility index (Phi) is 7.60. The van der Waals surface area contributed by atoms with Crippen molar-refractivity contribution in [3.05, 3.63) is 24.2 Å². The van der Waals surface area contributed by atoms with E-state index in [0.717, 1.165) is 37.2 Å². The van der Waals surface area contributed by atoms with Gasteiger partial charge in [0.25, 0.3) is 0 Å². The van der Waals surface area contributed by atoms with Crippen molar-refractivity contribution in [2.24, 2.45) is 0 Å². The zero-order valence-electron chi connectivity index (χ0n) is 12.2. The summed E-state index contributed by atoms with van der Waals surface area (Å²) >= 11 is 0. The van der Waals surface area contributed by atoms with E-state index in [-0.39, 0.29) is 0 Å². The fourth-order valence-electron chi connectivity index (χ4n) is 1.94. The van der Waals surface area contributed by atoms with E-state index in [1.165, 1.54) is 0 Å².